The fourth-order valence-corrected chi connectivity index (χ4v) is 5.04. The summed E-state index contributed by atoms with van der Waals surface area (Å²) in [5.74, 6) is -0.0527. The van der Waals surface area contributed by atoms with Crippen LogP contribution in [-0.4, -0.2) is 62.7 Å². The molecule has 8 heteroatoms. The first-order valence-electron chi connectivity index (χ1n) is 8.97. The molecule has 136 valence electrons. The number of carbonyl (C=O) groups excluding carboxylic acids is 2. The summed E-state index contributed by atoms with van der Waals surface area (Å²) in [7, 11) is 0. The molecule has 2 saturated heterocycles. The van der Waals surface area contributed by atoms with Crippen LogP contribution in [0.2, 0.25) is 0 Å². The summed E-state index contributed by atoms with van der Waals surface area (Å²) in [6.45, 7) is 5.04. The Morgan fingerprint density at radius 2 is 2.20 bits per heavy atom. The predicted molar refractivity (Wildman–Crippen MR) is 95.1 cm³/mol. The minimum atomic E-state index is -0.207. The molecule has 0 unspecified atom stereocenters. The van der Waals surface area contributed by atoms with E-state index in [0.29, 0.717) is 26.2 Å². The highest BCUT2D eigenvalue weighted by atomic mass is 32.1. The Labute approximate surface area is 151 Å². The minimum Gasteiger partial charge on any atom is -0.370 e. The van der Waals surface area contributed by atoms with E-state index in [4.69, 9.17) is 4.74 Å². The Balaban J connectivity index is 1.41. The molecule has 1 aromatic rings. The Hall–Kier alpha value is -1.64. The number of fused-ring (bicyclic) bond motifs is 2. The van der Waals surface area contributed by atoms with Crippen LogP contribution in [-0.2, 0) is 16.8 Å². The number of thiophene rings is 1. The zero-order valence-electron chi connectivity index (χ0n) is 14.2. The van der Waals surface area contributed by atoms with Gasteiger partial charge in [0.2, 0.25) is 0 Å². The summed E-state index contributed by atoms with van der Waals surface area (Å²) in [6.07, 6.45) is 2.81. The number of hydrogen-bond acceptors (Lipinski definition) is 5. The van der Waals surface area contributed by atoms with E-state index in [1.165, 1.54) is 10.4 Å². The molecule has 4 heterocycles. The highest BCUT2D eigenvalue weighted by molar-refractivity contribution is 7.14. The Morgan fingerprint density at radius 1 is 1.36 bits per heavy atom. The monoisotopic (exact) mass is 364 g/mol. The molecule has 0 aliphatic carbocycles. The number of carbonyl (C=O) groups is 2. The van der Waals surface area contributed by atoms with Crippen molar-refractivity contribution in [1.29, 1.82) is 0 Å². The lowest BCUT2D eigenvalue weighted by Crippen LogP contribution is -2.44. The smallest absolute Gasteiger partial charge is 0.317 e. The van der Waals surface area contributed by atoms with E-state index in [9.17, 15) is 9.59 Å². The molecular weight excluding hydrogens is 340 g/mol. The van der Waals surface area contributed by atoms with Crippen LogP contribution in [0.1, 0.15) is 33.0 Å². The highest BCUT2D eigenvalue weighted by Crippen LogP contribution is 2.43. The average molecular weight is 364 g/mol. The molecule has 0 saturated carbocycles. The van der Waals surface area contributed by atoms with Crippen molar-refractivity contribution in [3.05, 3.63) is 21.4 Å². The molecule has 0 aromatic carbocycles. The van der Waals surface area contributed by atoms with Crippen LogP contribution >= 0.6 is 11.3 Å². The second kappa shape index (κ2) is 6.93. The summed E-state index contributed by atoms with van der Waals surface area (Å²) >= 11 is 1.59. The van der Waals surface area contributed by atoms with Gasteiger partial charge in [0.15, 0.2) is 0 Å². The van der Waals surface area contributed by atoms with Gasteiger partial charge in [-0.3, -0.25) is 4.79 Å². The maximum Gasteiger partial charge on any atom is 0.317 e. The van der Waals surface area contributed by atoms with Crippen LogP contribution in [0.5, 0.6) is 0 Å². The van der Waals surface area contributed by atoms with Crippen molar-refractivity contribution in [1.82, 2.24) is 20.9 Å². The van der Waals surface area contributed by atoms with Crippen LogP contribution in [0.25, 0.3) is 0 Å². The normalized spacial score (nSPS) is 21.9. The molecule has 3 amide bonds. The van der Waals surface area contributed by atoms with Gasteiger partial charge >= 0.3 is 6.03 Å². The highest BCUT2D eigenvalue weighted by Gasteiger charge is 2.40. The van der Waals surface area contributed by atoms with Gasteiger partial charge in [-0.05, 0) is 37.6 Å². The van der Waals surface area contributed by atoms with Crippen LogP contribution < -0.4 is 16.0 Å². The fourth-order valence-electron chi connectivity index (χ4n) is 3.89. The van der Waals surface area contributed by atoms with Gasteiger partial charge in [0.05, 0.1) is 17.1 Å². The number of piperidine rings is 1. The maximum atomic E-state index is 12.5. The van der Waals surface area contributed by atoms with Gasteiger partial charge in [0, 0.05) is 37.5 Å². The molecule has 4 rings (SSSR count). The van der Waals surface area contributed by atoms with Crippen molar-refractivity contribution >= 4 is 23.3 Å². The number of nitrogens with zero attached hydrogens (tertiary/aromatic N) is 1. The van der Waals surface area contributed by atoms with Gasteiger partial charge in [0.25, 0.3) is 5.91 Å². The van der Waals surface area contributed by atoms with Gasteiger partial charge in [-0.25, -0.2) is 4.79 Å². The molecule has 3 aliphatic rings. The Bertz CT molecular complexity index is 669. The molecule has 7 nitrogen and oxygen atoms in total. The summed E-state index contributed by atoms with van der Waals surface area (Å²) in [4.78, 5) is 27.8. The van der Waals surface area contributed by atoms with E-state index in [1.54, 1.807) is 16.2 Å². The largest absolute Gasteiger partial charge is 0.370 e. The lowest BCUT2D eigenvalue weighted by Gasteiger charge is -2.40. The third kappa shape index (κ3) is 3.26. The quantitative estimate of drug-likeness (QED) is 0.733. The first-order valence-corrected chi connectivity index (χ1v) is 9.78. The number of urea groups is 1. The van der Waals surface area contributed by atoms with E-state index in [0.717, 1.165) is 43.8 Å². The van der Waals surface area contributed by atoms with Crippen LogP contribution in [0, 0.1) is 0 Å². The Morgan fingerprint density at radius 3 is 2.96 bits per heavy atom. The topological polar surface area (TPSA) is 82.7 Å². The number of ether oxygens (including phenoxy) is 1. The van der Waals surface area contributed by atoms with Crippen LogP contribution in [0.3, 0.4) is 0 Å². The van der Waals surface area contributed by atoms with Crippen molar-refractivity contribution < 1.29 is 14.3 Å². The van der Waals surface area contributed by atoms with Crippen molar-refractivity contribution in [2.75, 3.05) is 45.9 Å². The molecule has 3 aliphatic heterocycles. The van der Waals surface area contributed by atoms with E-state index in [-0.39, 0.29) is 17.5 Å². The summed E-state index contributed by atoms with van der Waals surface area (Å²) < 4.78 is 6.17. The molecular formula is C17H24N4O3S. The second-order valence-electron chi connectivity index (χ2n) is 6.77. The first-order chi connectivity index (χ1) is 12.2. The lowest BCUT2D eigenvalue weighted by atomic mass is 9.83. The van der Waals surface area contributed by atoms with Gasteiger partial charge in [0.1, 0.15) is 0 Å². The summed E-state index contributed by atoms with van der Waals surface area (Å²) in [5.41, 5.74) is 1.01. The van der Waals surface area contributed by atoms with Crippen molar-refractivity contribution in [3.63, 3.8) is 0 Å². The molecule has 3 N–H and O–H groups in total. The molecule has 0 bridgehead atoms. The number of rotatable bonds is 4. The van der Waals surface area contributed by atoms with Crippen molar-refractivity contribution in [3.8, 4) is 0 Å². The number of hydrogen-bond donors (Lipinski definition) is 3. The average Bonchev–Trinajstić information content (AvgIpc) is 3.23. The fraction of sp³-hybridized carbons (Fsp3) is 0.647. The lowest BCUT2D eigenvalue weighted by molar-refractivity contribution is -0.0792. The van der Waals surface area contributed by atoms with Gasteiger partial charge in [-0.1, -0.05) is 0 Å². The van der Waals surface area contributed by atoms with E-state index < -0.39 is 0 Å². The first kappa shape index (κ1) is 16.8. The number of nitrogens with one attached hydrogen (secondary N) is 3. The molecule has 2 fully saturated rings. The Kier molecular flexibility index (Phi) is 4.66. The van der Waals surface area contributed by atoms with Crippen LogP contribution in [0.15, 0.2) is 6.07 Å². The summed E-state index contributed by atoms with van der Waals surface area (Å²) in [5, 5.41) is 9.09. The van der Waals surface area contributed by atoms with Gasteiger partial charge in [-0.15, -0.1) is 11.3 Å². The van der Waals surface area contributed by atoms with E-state index >= 15 is 0 Å². The van der Waals surface area contributed by atoms with Gasteiger partial charge < -0.3 is 25.6 Å². The second-order valence-corrected chi connectivity index (χ2v) is 7.90. The third-order valence-corrected chi connectivity index (χ3v) is 6.45. The summed E-state index contributed by atoms with van der Waals surface area (Å²) in [6, 6.07) is 1.98. The molecule has 0 atom stereocenters. The zero-order valence-corrected chi connectivity index (χ0v) is 15.0. The van der Waals surface area contributed by atoms with Crippen LogP contribution in [0.4, 0.5) is 4.79 Å². The minimum absolute atomic E-state index is 0.0502. The standard InChI is InChI=1S/C17H24N4O3S/c22-15(19-6-8-21-9-7-20-16(21)23)14-11-12-13(25-14)1-10-24-17(12)2-4-18-5-3-17/h11,18H,1-10H2,(H,19,22)(H,20,23). The van der Waals surface area contributed by atoms with Gasteiger partial charge in [-0.2, -0.15) is 0 Å². The SMILES string of the molecule is O=C(NCCN1CCNC1=O)c1cc2c(s1)CCOC21CCNCC1. The van der Waals surface area contributed by atoms with Crippen molar-refractivity contribution in [2.45, 2.75) is 24.9 Å². The molecule has 1 aromatic heterocycles. The van der Waals surface area contributed by atoms with E-state index in [2.05, 4.69) is 16.0 Å². The third-order valence-electron chi connectivity index (χ3n) is 5.25. The number of amides is 3. The predicted octanol–water partition coefficient (Wildman–Crippen LogP) is 0.655. The zero-order chi connectivity index (χ0) is 17.3. The molecule has 0 radical (unpaired) electrons. The maximum absolute atomic E-state index is 12.5. The molecule has 1 spiro atoms. The van der Waals surface area contributed by atoms with Crippen molar-refractivity contribution in [2.24, 2.45) is 0 Å². The van der Waals surface area contributed by atoms with E-state index in [1.807, 2.05) is 6.07 Å². The molecule has 25 heavy (non-hydrogen) atoms.